The Kier molecular flexibility index (Phi) is 3.51. The van der Waals surface area contributed by atoms with Crippen molar-refractivity contribution in [2.45, 2.75) is 44.2 Å². The Morgan fingerprint density at radius 2 is 2.26 bits per heavy atom. The summed E-state index contributed by atoms with van der Waals surface area (Å²) in [5.74, 6) is 0.457. The van der Waals surface area contributed by atoms with Gasteiger partial charge in [-0.25, -0.2) is 0 Å². The smallest absolute Gasteiger partial charge is 0.226 e. The van der Waals surface area contributed by atoms with Crippen LogP contribution in [0.15, 0.2) is 24.5 Å². The number of likely N-dealkylation sites (tertiary alicyclic amines) is 1. The molecular formula is C15H20N2O2. The first-order valence-corrected chi connectivity index (χ1v) is 7.13. The van der Waals surface area contributed by atoms with Crippen LogP contribution in [0.25, 0.3) is 0 Å². The van der Waals surface area contributed by atoms with E-state index in [0.29, 0.717) is 19.4 Å². The molecule has 102 valence electrons. The number of pyridine rings is 1. The molecule has 1 aromatic heterocycles. The van der Waals surface area contributed by atoms with Crippen LogP contribution in [0.5, 0.6) is 0 Å². The Morgan fingerprint density at radius 3 is 2.89 bits per heavy atom. The van der Waals surface area contributed by atoms with Gasteiger partial charge in [0.2, 0.25) is 5.91 Å². The third-order valence-corrected chi connectivity index (χ3v) is 4.42. The summed E-state index contributed by atoms with van der Waals surface area (Å²) < 4.78 is 0. The van der Waals surface area contributed by atoms with Gasteiger partial charge in [-0.15, -0.1) is 0 Å². The van der Waals surface area contributed by atoms with Gasteiger partial charge in [0.1, 0.15) is 0 Å². The maximum Gasteiger partial charge on any atom is 0.226 e. The molecule has 2 atom stereocenters. The molecule has 2 heterocycles. The molecule has 4 nitrogen and oxygen atoms in total. The Hall–Kier alpha value is -1.42. The summed E-state index contributed by atoms with van der Waals surface area (Å²) in [6, 6.07) is 3.83. The fourth-order valence-corrected chi connectivity index (χ4v) is 3.01. The molecule has 3 rings (SSSR count). The highest BCUT2D eigenvalue weighted by molar-refractivity contribution is 5.80. The largest absolute Gasteiger partial charge is 0.391 e. The number of rotatable bonds is 3. The van der Waals surface area contributed by atoms with E-state index >= 15 is 0 Å². The molecule has 2 aliphatic rings. The molecule has 1 aliphatic heterocycles. The molecule has 0 spiro atoms. The van der Waals surface area contributed by atoms with E-state index in [1.54, 1.807) is 6.20 Å². The van der Waals surface area contributed by atoms with Crippen molar-refractivity contribution in [3.63, 3.8) is 0 Å². The number of amides is 1. The lowest BCUT2D eigenvalue weighted by molar-refractivity contribution is -0.139. The summed E-state index contributed by atoms with van der Waals surface area (Å²) in [7, 11) is 0. The molecule has 2 fully saturated rings. The zero-order valence-corrected chi connectivity index (χ0v) is 11.0. The first-order valence-electron chi connectivity index (χ1n) is 7.13. The van der Waals surface area contributed by atoms with Crippen LogP contribution >= 0.6 is 0 Å². The number of aromatic nitrogens is 1. The molecular weight excluding hydrogens is 240 g/mol. The van der Waals surface area contributed by atoms with Crippen molar-refractivity contribution in [3.05, 3.63) is 30.1 Å². The van der Waals surface area contributed by atoms with Crippen LogP contribution in [0.2, 0.25) is 0 Å². The maximum atomic E-state index is 12.4. The molecule has 0 unspecified atom stereocenters. The van der Waals surface area contributed by atoms with Crippen molar-refractivity contribution in [3.8, 4) is 0 Å². The van der Waals surface area contributed by atoms with Gasteiger partial charge in [-0.1, -0.05) is 12.5 Å². The predicted molar refractivity (Wildman–Crippen MR) is 71.4 cm³/mol. The van der Waals surface area contributed by atoms with Gasteiger partial charge in [0.05, 0.1) is 12.1 Å². The van der Waals surface area contributed by atoms with Crippen LogP contribution in [0.1, 0.15) is 31.2 Å². The highest BCUT2D eigenvalue weighted by atomic mass is 16.3. The average Bonchev–Trinajstić information content (AvgIpc) is 2.70. The van der Waals surface area contributed by atoms with Gasteiger partial charge >= 0.3 is 0 Å². The van der Waals surface area contributed by atoms with E-state index in [2.05, 4.69) is 4.98 Å². The first-order chi connectivity index (χ1) is 9.25. The van der Waals surface area contributed by atoms with Crippen LogP contribution in [-0.2, 0) is 11.2 Å². The summed E-state index contributed by atoms with van der Waals surface area (Å²) in [5.41, 5.74) is 1.08. The monoisotopic (exact) mass is 260 g/mol. The van der Waals surface area contributed by atoms with Crippen LogP contribution in [-0.4, -0.2) is 39.6 Å². The fourth-order valence-electron chi connectivity index (χ4n) is 3.01. The summed E-state index contributed by atoms with van der Waals surface area (Å²) in [6.45, 7) is 0.696. The molecule has 1 saturated carbocycles. The van der Waals surface area contributed by atoms with Crippen LogP contribution in [0, 0.1) is 5.92 Å². The number of carbonyl (C=O) groups is 1. The molecule has 1 saturated heterocycles. The number of hydrogen-bond acceptors (Lipinski definition) is 3. The number of hydrogen-bond donors (Lipinski definition) is 1. The van der Waals surface area contributed by atoms with E-state index in [1.165, 1.54) is 6.42 Å². The molecule has 1 aromatic rings. The van der Waals surface area contributed by atoms with Crippen LogP contribution < -0.4 is 0 Å². The van der Waals surface area contributed by atoms with Crippen LogP contribution in [0.4, 0.5) is 0 Å². The van der Waals surface area contributed by atoms with Gasteiger partial charge in [-0.05, 0) is 37.3 Å². The number of carbonyl (C=O) groups excluding carboxylic acids is 1. The number of aliphatic hydroxyl groups excluding tert-OH is 1. The third kappa shape index (κ3) is 2.50. The standard InChI is InChI=1S/C15H20N2O2/c18-14-6-8-17(15(19)12-4-1-5-12)13(14)9-11-3-2-7-16-10-11/h2-3,7,10,12-14,18H,1,4-6,8-9H2/t13-,14-/m0/s1. The lowest BCUT2D eigenvalue weighted by atomic mass is 9.84. The molecule has 4 heteroatoms. The van der Waals surface area contributed by atoms with E-state index in [-0.39, 0.29) is 17.9 Å². The van der Waals surface area contributed by atoms with Gasteiger partial charge in [0.25, 0.3) is 0 Å². The molecule has 0 radical (unpaired) electrons. The summed E-state index contributed by atoms with van der Waals surface area (Å²) in [4.78, 5) is 18.4. The topological polar surface area (TPSA) is 53.4 Å². The van der Waals surface area contributed by atoms with Gasteiger partial charge in [-0.2, -0.15) is 0 Å². The zero-order chi connectivity index (χ0) is 13.2. The minimum Gasteiger partial charge on any atom is -0.391 e. The second-order valence-electron chi connectivity index (χ2n) is 5.65. The molecule has 1 amide bonds. The zero-order valence-electron chi connectivity index (χ0n) is 11.0. The SMILES string of the molecule is O=C(C1CCC1)N1CC[C@H](O)[C@@H]1Cc1cccnc1. The van der Waals surface area contributed by atoms with Gasteiger partial charge in [-0.3, -0.25) is 9.78 Å². The van der Waals surface area contributed by atoms with Gasteiger partial charge < -0.3 is 10.0 Å². The van der Waals surface area contributed by atoms with Gasteiger partial charge in [0.15, 0.2) is 0 Å². The first kappa shape index (κ1) is 12.6. The lowest BCUT2D eigenvalue weighted by Gasteiger charge is -2.33. The molecule has 1 N–H and O–H groups in total. The van der Waals surface area contributed by atoms with E-state index in [9.17, 15) is 9.90 Å². The molecule has 0 bridgehead atoms. The highest BCUT2D eigenvalue weighted by Gasteiger charge is 2.39. The Balaban J connectivity index is 1.71. The van der Waals surface area contributed by atoms with Crippen molar-refractivity contribution in [1.82, 2.24) is 9.88 Å². The van der Waals surface area contributed by atoms with Crippen molar-refractivity contribution >= 4 is 5.91 Å². The Morgan fingerprint density at radius 1 is 1.42 bits per heavy atom. The molecule has 0 aromatic carbocycles. The maximum absolute atomic E-state index is 12.4. The number of nitrogens with zero attached hydrogens (tertiary/aromatic N) is 2. The minimum atomic E-state index is -0.399. The van der Waals surface area contributed by atoms with Crippen molar-refractivity contribution in [1.29, 1.82) is 0 Å². The second kappa shape index (κ2) is 5.29. The van der Waals surface area contributed by atoms with Crippen molar-refractivity contribution < 1.29 is 9.90 Å². The average molecular weight is 260 g/mol. The van der Waals surface area contributed by atoms with E-state index in [0.717, 1.165) is 18.4 Å². The fraction of sp³-hybridized carbons (Fsp3) is 0.600. The highest BCUT2D eigenvalue weighted by Crippen LogP contribution is 2.32. The normalized spacial score (nSPS) is 27.3. The van der Waals surface area contributed by atoms with E-state index in [1.807, 2.05) is 23.2 Å². The quantitative estimate of drug-likeness (QED) is 0.893. The van der Waals surface area contributed by atoms with Crippen molar-refractivity contribution in [2.75, 3.05) is 6.54 Å². The Labute approximate surface area is 113 Å². The lowest BCUT2D eigenvalue weighted by Crippen LogP contribution is -2.45. The second-order valence-corrected chi connectivity index (χ2v) is 5.65. The van der Waals surface area contributed by atoms with E-state index in [4.69, 9.17) is 0 Å². The summed E-state index contributed by atoms with van der Waals surface area (Å²) in [6.07, 6.45) is 7.76. The minimum absolute atomic E-state index is 0.0719. The van der Waals surface area contributed by atoms with Crippen molar-refractivity contribution in [2.24, 2.45) is 5.92 Å². The molecule has 19 heavy (non-hydrogen) atoms. The predicted octanol–water partition coefficient (Wildman–Crippen LogP) is 1.39. The van der Waals surface area contributed by atoms with E-state index < -0.39 is 6.10 Å². The Bertz CT molecular complexity index is 445. The molecule has 1 aliphatic carbocycles. The summed E-state index contributed by atoms with van der Waals surface area (Å²) >= 11 is 0. The van der Waals surface area contributed by atoms with Gasteiger partial charge in [0, 0.05) is 24.9 Å². The number of aliphatic hydroxyl groups is 1. The third-order valence-electron chi connectivity index (χ3n) is 4.42. The summed E-state index contributed by atoms with van der Waals surface area (Å²) in [5, 5.41) is 10.1. The van der Waals surface area contributed by atoms with Crippen LogP contribution in [0.3, 0.4) is 0 Å².